The van der Waals surface area contributed by atoms with Gasteiger partial charge >= 0.3 is 12.2 Å². The average Bonchev–Trinajstić information content (AvgIpc) is 2.77. The third-order valence-electron chi connectivity index (χ3n) is 5.79. The zero-order valence-corrected chi connectivity index (χ0v) is 18.0. The Morgan fingerprint density at radius 1 is 1.06 bits per heavy atom. The van der Waals surface area contributed by atoms with Gasteiger partial charge in [0.15, 0.2) is 0 Å². The van der Waals surface area contributed by atoms with Crippen molar-refractivity contribution >= 4 is 17.6 Å². The van der Waals surface area contributed by atoms with E-state index >= 15 is 0 Å². The highest BCUT2D eigenvalue weighted by atomic mass is 19.4. The molecule has 0 saturated carbocycles. The number of piperidine rings is 1. The number of amides is 3. The van der Waals surface area contributed by atoms with Crippen LogP contribution in [0.15, 0.2) is 48.5 Å². The number of urea groups is 1. The molecule has 0 unspecified atom stereocenters. The van der Waals surface area contributed by atoms with Gasteiger partial charge in [0.05, 0.1) is 18.4 Å². The van der Waals surface area contributed by atoms with Crippen LogP contribution in [0, 0.1) is 5.41 Å². The Balaban J connectivity index is 1.54. The normalized spacial score (nSPS) is 15.7. The summed E-state index contributed by atoms with van der Waals surface area (Å²) in [6.45, 7) is 2.75. The summed E-state index contributed by atoms with van der Waals surface area (Å²) in [4.78, 5) is 26.7. The highest BCUT2D eigenvalue weighted by molar-refractivity contribution is 5.90. The van der Waals surface area contributed by atoms with Gasteiger partial charge in [-0.25, -0.2) is 4.79 Å². The number of likely N-dealkylation sites (tertiary alicyclic amines) is 1. The Hall–Kier alpha value is -3.23. The van der Waals surface area contributed by atoms with Gasteiger partial charge in [-0.3, -0.25) is 4.79 Å². The van der Waals surface area contributed by atoms with E-state index < -0.39 is 23.2 Å². The van der Waals surface area contributed by atoms with Gasteiger partial charge in [0.1, 0.15) is 5.75 Å². The van der Waals surface area contributed by atoms with Crippen LogP contribution in [0.5, 0.6) is 5.75 Å². The number of nitrogens with zero attached hydrogens (tertiary/aromatic N) is 1. The number of anilines is 1. The van der Waals surface area contributed by atoms with Gasteiger partial charge < -0.3 is 20.3 Å². The molecule has 1 heterocycles. The van der Waals surface area contributed by atoms with Crippen LogP contribution < -0.4 is 15.4 Å². The predicted octanol–water partition coefficient (Wildman–Crippen LogP) is 4.66. The molecule has 0 spiro atoms. The van der Waals surface area contributed by atoms with Crippen LogP contribution in [0.1, 0.15) is 30.9 Å². The van der Waals surface area contributed by atoms with E-state index in [-0.39, 0.29) is 24.7 Å². The van der Waals surface area contributed by atoms with Crippen LogP contribution in [0.2, 0.25) is 0 Å². The van der Waals surface area contributed by atoms with Gasteiger partial charge in [-0.2, -0.15) is 13.2 Å². The maximum absolute atomic E-state index is 13.1. The summed E-state index contributed by atoms with van der Waals surface area (Å²) in [5, 5.41) is 5.29. The molecule has 0 radical (unpaired) electrons. The first-order valence-electron chi connectivity index (χ1n) is 10.3. The molecule has 1 saturated heterocycles. The lowest BCUT2D eigenvalue weighted by Gasteiger charge is -2.38. The third-order valence-corrected chi connectivity index (χ3v) is 5.79. The van der Waals surface area contributed by atoms with Crippen molar-refractivity contribution in [2.24, 2.45) is 5.41 Å². The van der Waals surface area contributed by atoms with E-state index in [9.17, 15) is 22.8 Å². The highest BCUT2D eigenvalue weighted by Crippen LogP contribution is 2.35. The molecule has 0 aliphatic carbocycles. The van der Waals surface area contributed by atoms with Crippen LogP contribution in [-0.4, -0.2) is 37.0 Å². The molecule has 2 aromatic carbocycles. The van der Waals surface area contributed by atoms with Gasteiger partial charge in [-0.1, -0.05) is 31.2 Å². The topological polar surface area (TPSA) is 70.7 Å². The maximum Gasteiger partial charge on any atom is 0.418 e. The second-order valence-electron chi connectivity index (χ2n) is 8.05. The van der Waals surface area contributed by atoms with Crippen molar-refractivity contribution in [1.29, 1.82) is 0 Å². The number of carbonyl (C=O) groups excluding carboxylic acids is 2. The number of rotatable bonds is 5. The van der Waals surface area contributed by atoms with Gasteiger partial charge in [0.25, 0.3) is 0 Å². The fourth-order valence-corrected chi connectivity index (χ4v) is 3.60. The van der Waals surface area contributed by atoms with E-state index in [0.29, 0.717) is 19.4 Å². The SMILES string of the molecule is COc1ccc(CNC(=O)C2(C)CCN(C(=O)Nc3ccccc3C(F)(F)F)CC2)cc1. The van der Waals surface area contributed by atoms with E-state index in [1.165, 1.54) is 23.1 Å². The summed E-state index contributed by atoms with van der Waals surface area (Å²) in [5.74, 6) is 0.617. The predicted molar refractivity (Wildman–Crippen MR) is 114 cm³/mol. The molecule has 3 rings (SSSR count). The number of carbonyl (C=O) groups is 2. The quantitative estimate of drug-likeness (QED) is 0.697. The Kier molecular flexibility index (Phi) is 6.96. The molecule has 2 N–H and O–H groups in total. The molecule has 0 bridgehead atoms. The number of benzene rings is 2. The van der Waals surface area contributed by atoms with Crippen LogP contribution in [0.4, 0.5) is 23.7 Å². The van der Waals surface area contributed by atoms with Crippen molar-refractivity contribution in [2.45, 2.75) is 32.5 Å². The van der Waals surface area contributed by atoms with Crippen LogP contribution in [0.25, 0.3) is 0 Å². The van der Waals surface area contributed by atoms with E-state index in [0.717, 1.165) is 17.4 Å². The summed E-state index contributed by atoms with van der Waals surface area (Å²) in [6, 6.07) is 11.6. The van der Waals surface area contributed by atoms with Crippen molar-refractivity contribution < 1.29 is 27.5 Å². The van der Waals surface area contributed by atoms with E-state index in [1.54, 1.807) is 7.11 Å². The van der Waals surface area contributed by atoms with Crippen LogP contribution in [-0.2, 0) is 17.5 Å². The van der Waals surface area contributed by atoms with Gasteiger partial charge in [0, 0.05) is 25.0 Å². The molecule has 172 valence electrons. The van der Waals surface area contributed by atoms with Crippen LogP contribution >= 0.6 is 0 Å². The molecule has 0 aromatic heterocycles. The summed E-state index contributed by atoms with van der Waals surface area (Å²) in [6.07, 6.45) is -3.74. The van der Waals surface area contributed by atoms with E-state index in [4.69, 9.17) is 4.74 Å². The van der Waals surface area contributed by atoms with Gasteiger partial charge in [0.2, 0.25) is 5.91 Å². The number of halogens is 3. The lowest BCUT2D eigenvalue weighted by atomic mass is 9.79. The minimum atomic E-state index is -4.56. The number of nitrogens with one attached hydrogen (secondary N) is 2. The van der Waals surface area contributed by atoms with Gasteiger partial charge in [-0.15, -0.1) is 0 Å². The van der Waals surface area contributed by atoms with Crippen molar-refractivity contribution in [3.8, 4) is 5.75 Å². The first-order chi connectivity index (χ1) is 15.1. The minimum Gasteiger partial charge on any atom is -0.497 e. The minimum absolute atomic E-state index is 0.115. The number of para-hydroxylation sites is 1. The molecular formula is C23H26F3N3O3. The molecular weight excluding hydrogens is 423 g/mol. The fraction of sp³-hybridized carbons (Fsp3) is 0.391. The lowest BCUT2D eigenvalue weighted by Crippen LogP contribution is -2.49. The first kappa shape index (κ1) is 23.4. The Labute approximate surface area is 184 Å². The molecule has 1 aliphatic rings. The smallest absolute Gasteiger partial charge is 0.418 e. The fourth-order valence-electron chi connectivity index (χ4n) is 3.60. The number of alkyl halides is 3. The van der Waals surface area contributed by atoms with Crippen molar-refractivity contribution in [3.05, 3.63) is 59.7 Å². The lowest BCUT2D eigenvalue weighted by molar-refractivity contribution is -0.137. The first-order valence-corrected chi connectivity index (χ1v) is 10.3. The molecule has 9 heteroatoms. The van der Waals surface area contributed by atoms with Crippen molar-refractivity contribution in [3.63, 3.8) is 0 Å². The third kappa shape index (κ3) is 5.52. The largest absolute Gasteiger partial charge is 0.497 e. The number of methoxy groups -OCH3 is 1. The standard InChI is InChI=1S/C23H26F3N3O3/c1-22(20(30)27-15-16-7-9-17(32-2)10-8-16)11-13-29(14-12-22)21(31)28-19-6-4-3-5-18(19)23(24,25)26/h3-10H,11-15H2,1-2H3,(H,27,30)(H,28,31). The summed E-state index contributed by atoms with van der Waals surface area (Å²) in [5.41, 5.74) is -0.904. The second-order valence-corrected chi connectivity index (χ2v) is 8.05. The Morgan fingerprint density at radius 2 is 1.69 bits per heavy atom. The molecule has 32 heavy (non-hydrogen) atoms. The molecule has 3 amide bonds. The Morgan fingerprint density at radius 3 is 2.28 bits per heavy atom. The van der Waals surface area contributed by atoms with Crippen molar-refractivity contribution in [1.82, 2.24) is 10.2 Å². The second kappa shape index (κ2) is 9.50. The number of ether oxygens (including phenoxy) is 1. The highest BCUT2D eigenvalue weighted by Gasteiger charge is 2.39. The molecule has 1 aliphatic heterocycles. The molecule has 2 aromatic rings. The van der Waals surface area contributed by atoms with Gasteiger partial charge in [-0.05, 0) is 42.7 Å². The zero-order chi connectivity index (χ0) is 23.4. The zero-order valence-electron chi connectivity index (χ0n) is 18.0. The number of hydrogen-bond donors (Lipinski definition) is 2. The maximum atomic E-state index is 13.1. The summed E-state index contributed by atoms with van der Waals surface area (Å²) < 4.78 is 44.6. The van der Waals surface area contributed by atoms with Crippen molar-refractivity contribution in [2.75, 3.05) is 25.5 Å². The summed E-state index contributed by atoms with van der Waals surface area (Å²) >= 11 is 0. The number of hydrogen-bond acceptors (Lipinski definition) is 3. The Bertz CT molecular complexity index is 953. The molecule has 0 atom stereocenters. The average molecular weight is 449 g/mol. The monoisotopic (exact) mass is 449 g/mol. The van der Waals surface area contributed by atoms with E-state index in [2.05, 4.69) is 10.6 Å². The molecule has 1 fully saturated rings. The summed E-state index contributed by atoms with van der Waals surface area (Å²) in [7, 11) is 1.58. The van der Waals surface area contributed by atoms with Crippen LogP contribution in [0.3, 0.4) is 0 Å². The van der Waals surface area contributed by atoms with E-state index in [1.807, 2.05) is 31.2 Å². The molecule has 6 nitrogen and oxygen atoms in total.